The Labute approximate surface area is 109 Å². The summed E-state index contributed by atoms with van der Waals surface area (Å²) < 4.78 is 0. The lowest BCUT2D eigenvalue weighted by atomic mass is 10.1. The standard InChI is InChI=1S/C14H24N2S/c1-4-13(15)10-12-6-5-8-16-14(12)17-9-7-11(2)3/h5-6,8,11,13H,4,7,9-10,15H2,1-3H3. The van der Waals surface area contributed by atoms with Crippen LogP contribution in [0.4, 0.5) is 0 Å². The van der Waals surface area contributed by atoms with Gasteiger partial charge in [0.2, 0.25) is 0 Å². The maximum absolute atomic E-state index is 6.01. The summed E-state index contributed by atoms with van der Waals surface area (Å²) in [5.74, 6) is 1.90. The molecule has 0 aliphatic carbocycles. The molecule has 1 heterocycles. The molecule has 0 aliphatic heterocycles. The maximum atomic E-state index is 6.01. The highest BCUT2D eigenvalue weighted by Gasteiger charge is 2.08. The number of hydrogen-bond acceptors (Lipinski definition) is 3. The van der Waals surface area contributed by atoms with Crippen molar-refractivity contribution >= 4 is 11.8 Å². The quantitative estimate of drug-likeness (QED) is 0.755. The Morgan fingerprint density at radius 2 is 2.18 bits per heavy atom. The van der Waals surface area contributed by atoms with E-state index in [9.17, 15) is 0 Å². The van der Waals surface area contributed by atoms with Crippen LogP contribution in [0.5, 0.6) is 0 Å². The van der Waals surface area contributed by atoms with Crippen molar-refractivity contribution in [3.8, 4) is 0 Å². The van der Waals surface area contributed by atoms with Crippen LogP contribution in [-0.4, -0.2) is 16.8 Å². The van der Waals surface area contributed by atoms with Gasteiger partial charge >= 0.3 is 0 Å². The van der Waals surface area contributed by atoms with Gasteiger partial charge in [-0.3, -0.25) is 0 Å². The average molecular weight is 252 g/mol. The van der Waals surface area contributed by atoms with Crippen molar-refractivity contribution in [3.63, 3.8) is 0 Å². The van der Waals surface area contributed by atoms with Gasteiger partial charge in [-0.1, -0.05) is 26.8 Å². The van der Waals surface area contributed by atoms with Gasteiger partial charge in [0, 0.05) is 12.2 Å². The molecule has 1 rings (SSSR count). The number of thioether (sulfide) groups is 1. The zero-order valence-corrected chi connectivity index (χ0v) is 12.0. The molecule has 96 valence electrons. The Balaban J connectivity index is 2.57. The van der Waals surface area contributed by atoms with Gasteiger partial charge in [0.05, 0.1) is 5.03 Å². The van der Waals surface area contributed by atoms with Gasteiger partial charge in [-0.15, -0.1) is 11.8 Å². The summed E-state index contributed by atoms with van der Waals surface area (Å²) in [7, 11) is 0. The molecular formula is C14H24N2S. The molecule has 0 bridgehead atoms. The van der Waals surface area contributed by atoms with Crippen LogP contribution >= 0.6 is 11.8 Å². The van der Waals surface area contributed by atoms with Gasteiger partial charge < -0.3 is 5.73 Å². The molecule has 0 amide bonds. The zero-order valence-electron chi connectivity index (χ0n) is 11.1. The number of pyridine rings is 1. The van der Waals surface area contributed by atoms with Crippen molar-refractivity contribution in [1.82, 2.24) is 4.98 Å². The number of nitrogens with two attached hydrogens (primary N) is 1. The average Bonchev–Trinajstić information content (AvgIpc) is 2.30. The number of rotatable bonds is 7. The minimum absolute atomic E-state index is 0.253. The topological polar surface area (TPSA) is 38.9 Å². The fourth-order valence-corrected chi connectivity index (χ4v) is 2.78. The van der Waals surface area contributed by atoms with Crippen molar-refractivity contribution in [1.29, 1.82) is 0 Å². The van der Waals surface area contributed by atoms with E-state index < -0.39 is 0 Å². The van der Waals surface area contributed by atoms with E-state index >= 15 is 0 Å². The van der Waals surface area contributed by atoms with Crippen molar-refractivity contribution < 1.29 is 0 Å². The van der Waals surface area contributed by atoms with Crippen LogP contribution < -0.4 is 5.73 Å². The molecule has 17 heavy (non-hydrogen) atoms. The lowest BCUT2D eigenvalue weighted by molar-refractivity contribution is 0.629. The van der Waals surface area contributed by atoms with E-state index in [1.54, 1.807) is 0 Å². The predicted octanol–water partition coefficient (Wildman–Crippen LogP) is 3.50. The third-order valence-corrected chi connectivity index (χ3v) is 3.87. The highest BCUT2D eigenvalue weighted by molar-refractivity contribution is 7.99. The molecule has 0 aliphatic rings. The molecule has 0 spiro atoms. The lowest BCUT2D eigenvalue weighted by Gasteiger charge is -2.12. The van der Waals surface area contributed by atoms with Crippen LogP contribution in [0.25, 0.3) is 0 Å². The fraction of sp³-hybridized carbons (Fsp3) is 0.643. The normalized spacial score (nSPS) is 13.0. The van der Waals surface area contributed by atoms with Gasteiger partial charge in [0.1, 0.15) is 0 Å². The lowest BCUT2D eigenvalue weighted by Crippen LogP contribution is -2.21. The van der Waals surface area contributed by atoms with E-state index in [4.69, 9.17) is 5.73 Å². The summed E-state index contributed by atoms with van der Waals surface area (Å²) in [5, 5.41) is 1.16. The van der Waals surface area contributed by atoms with Gasteiger partial charge in [0.25, 0.3) is 0 Å². The monoisotopic (exact) mass is 252 g/mol. The third kappa shape index (κ3) is 5.55. The van der Waals surface area contributed by atoms with Crippen LogP contribution in [0.3, 0.4) is 0 Å². The minimum Gasteiger partial charge on any atom is -0.327 e. The van der Waals surface area contributed by atoms with Crippen LogP contribution in [0.1, 0.15) is 39.2 Å². The first-order chi connectivity index (χ1) is 8.13. The first-order valence-electron chi connectivity index (χ1n) is 6.45. The molecule has 3 heteroatoms. The van der Waals surface area contributed by atoms with E-state index in [2.05, 4.69) is 31.8 Å². The smallest absolute Gasteiger partial charge is 0.0992 e. The highest BCUT2D eigenvalue weighted by atomic mass is 32.2. The van der Waals surface area contributed by atoms with Crippen molar-refractivity contribution in [3.05, 3.63) is 23.9 Å². The Morgan fingerprint density at radius 3 is 2.82 bits per heavy atom. The molecule has 0 fully saturated rings. The Hall–Kier alpha value is -0.540. The Kier molecular flexibility index (Phi) is 6.60. The van der Waals surface area contributed by atoms with Crippen LogP contribution in [0.2, 0.25) is 0 Å². The molecule has 0 radical (unpaired) electrons. The summed E-state index contributed by atoms with van der Waals surface area (Å²) in [5.41, 5.74) is 7.32. The van der Waals surface area contributed by atoms with E-state index in [0.717, 1.165) is 29.5 Å². The second-order valence-electron chi connectivity index (χ2n) is 4.87. The molecule has 1 unspecified atom stereocenters. The predicted molar refractivity (Wildman–Crippen MR) is 76.4 cm³/mol. The van der Waals surface area contributed by atoms with Gasteiger partial charge in [-0.25, -0.2) is 4.98 Å². The van der Waals surface area contributed by atoms with Crippen LogP contribution in [0, 0.1) is 5.92 Å². The van der Waals surface area contributed by atoms with Crippen LogP contribution in [0.15, 0.2) is 23.4 Å². The molecule has 0 saturated heterocycles. The maximum Gasteiger partial charge on any atom is 0.0992 e. The molecular weight excluding hydrogens is 228 g/mol. The first-order valence-corrected chi connectivity index (χ1v) is 7.44. The van der Waals surface area contributed by atoms with Gasteiger partial charge in [-0.05, 0) is 42.6 Å². The van der Waals surface area contributed by atoms with Crippen molar-refractivity contribution in [2.75, 3.05) is 5.75 Å². The number of nitrogens with zero attached hydrogens (tertiary/aromatic N) is 1. The van der Waals surface area contributed by atoms with Crippen LogP contribution in [-0.2, 0) is 6.42 Å². The second-order valence-corrected chi connectivity index (χ2v) is 5.95. The molecule has 0 saturated carbocycles. The molecule has 1 aromatic heterocycles. The van der Waals surface area contributed by atoms with E-state index in [-0.39, 0.29) is 6.04 Å². The minimum atomic E-state index is 0.253. The molecule has 2 N–H and O–H groups in total. The highest BCUT2D eigenvalue weighted by Crippen LogP contribution is 2.23. The first kappa shape index (κ1) is 14.5. The van der Waals surface area contributed by atoms with E-state index in [1.165, 1.54) is 12.0 Å². The largest absolute Gasteiger partial charge is 0.327 e. The van der Waals surface area contributed by atoms with Crippen molar-refractivity contribution in [2.45, 2.75) is 51.1 Å². The SMILES string of the molecule is CCC(N)Cc1cccnc1SCCC(C)C. The molecule has 1 atom stereocenters. The molecule has 1 aromatic rings. The second kappa shape index (κ2) is 7.72. The van der Waals surface area contributed by atoms with Crippen molar-refractivity contribution in [2.24, 2.45) is 11.7 Å². The summed E-state index contributed by atoms with van der Waals surface area (Å²) in [4.78, 5) is 4.47. The molecule has 0 aromatic carbocycles. The summed E-state index contributed by atoms with van der Waals surface area (Å²) in [6.07, 6.45) is 5.07. The Bertz CT molecular complexity index is 326. The fourth-order valence-electron chi connectivity index (χ4n) is 1.53. The summed E-state index contributed by atoms with van der Waals surface area (Å²) in [6, 6.07) is 4.41. The van der Waals surface area contributed by atoms with Gasteiger partial charge in [-0.2, -0.15) is 0 Å². The van der Waals surface area contributed by atoms with E-state index in [1.807, 2.05) is 24.0 Å². The number of hydrogen-bond donors (Lipinski definition) is 1. The molecule has 2 nitrogen and oxygen atoms in total. The number of aromatic nitrogens is 1. The third-order valence-electron chi connectivity index (χ3n) is 2.79. The van der Waals surface area contributed by atoms with Gasteiger partial charge in [0.15, 0.2) is 0 Å². The van der Waals surface area contributed by atoms with E-state index in [0.29, 0.717) is 0 Å². The Morgan fingerprint density at radius 1 is 1.41 bits per heavy atom. The summed E-state index contributed by atoms with van der Waals surface area (Å²) >= 11 is 1.86. The summed E-state index contributed by atoms with van der Waals surface area (Å²) in [6.45, 7) is 6.65. The zero-order chi connectivity index (χ0) is 12.7.